The van der Waals surface area contributed by atoms with Gasteiger partial charge in [0.25, 0.3) is 0 Å². The third-order valence-corrected chi connectivity index (χ3v) is 4.13. The molecule has 1 aliphatic rings. The largest absolute Gasteiger partial charge is 0.466 e. The summed E-state index contributed by atoms with van der Waals surface area (Å²) in [6.45, 7) is 3.76. The van der Waals surface area contributed by atoms with Crippen molar-refractivity contribution in [2.75, 3.05) is 13.2 Å². The molecule has 0 fully saturated rings. The second-order valence-corrected chi connectivity index (χ2v) is 5.51. The first-order valence-corrected chi connectivity index (χ1v) is 7.67. The topological polar surface area (TPSA) is 72.8 Å². The van der Waals surface area contributed by atoms with Gasteiger partial charge in [-0.05, 0) is 31.9 Å². The van der Waals surface area contributed by atoms with Crippen molar-refractivity contribution in [3.63, 3.8) is 0 Å². The standard InChI is InChI=1S/C16H19ClO5/c1-3-21-15(19)10-8-9-6-5-7-11(17)12(9)14(18)13(10)16(20)22-4-2/h5-7,10,13-14,18H,3-4,8H2,1-2H3/t10-,13+,14-/m1/s1. The molecule has 2 rings (SSSR count). The minimum absolute atomic E-state index is 0.174. The molecule has 120 valence electrons. The first-order chi connectivity index (χ1) is 10.5. The van der Waals surface area contributed by atoms with Crippen LogP contribution in [0.2, 0.25) is 5.02 Å². The zero-order valence-electron chi connectivity index (χ0n) is 12.5. The lowest BCUT2D eigenvalue weighted by atomic mass is 9.73. The molecule has 3 atom stereocenters. The Morgan fingerprint density at radius 3 is 2.50 bits per heavy atom. The first kappa shape index (κ1) is 16.8. The molecule has 0 saturated heterocycles. The maximum atomic E-state index is 12.2. The molecular weight excluding hydrogens is 308 g/mol. The molecule has 0 aromatic heterocycles. The number of carbonyl (C=O) groups is 2. The summed E-state index contributed by atoms with van der Waals surface area (Å²) in [7, 11) is 0. The van der Waals surface area contributed by atoms with E-state index >= 15 is 0 Å². The lowest BCUT2D eigenvalue weighted by molar-refractivity contribution is -0.166. The van der Waals surface area contributed by atoms with E-state index in [0.717, 1.165) is 5.56 Å². The average Bonchev–Trinajstić information content (AvgIpc) is 2.47. The molecule has 0 radical (unpaired) electrons. The van der Waals surface area contributed by atoms with Crippen LogP contribution in [0.1, 0.15) is 31.1 Å². The Morgan fingerprint density at radius 2 is 1.86 bits per heavy atom. The molecule has 5 nitrogen and oxygen atoms in total. The molecule has 0 amide bonds. The Morgan fingerprint density at radius 1 is 1.23 bits per heavy atom. The fourth-order valence-corrected chi connectivity index (χ4v) is 3.17. The van der Waals surface area contributed by atoms with Crippen LogP contribution in [-0.4, -0.2) is 30.3 Å². The van der Waals surface area contributed by atoms with Crippen LogP contribution in [0.15, 0.2) is 18.2 Å². The van der Waals surface area contributed by atoms with Crippen molar-refractivity contribution in [2.45, 2.75) is 26.4 Å². The highest BCUT2D eigenvalue weighted by Gasteiger charge is 2.46. The second kappa shape index (κ2) is 7.11. The predicted octanol–water partition coefficient (Wildman–Crippen LogP) is 2.29. The number of fused-ring (bicyclic) bond motifs is 1. The van der Waals surface area contributed by atoms with E-state index in [1.165, 1.54) is 0 Å². The Kier molecular flexibility index (Phi) is 5.42. The lowest BCUT2D eigenvalue weighted by Gasteiger charge is -2.34. The number of hydrogen-bond donors (Lipinski definition) is 1. The third kappa shape index (κ3) is 3.10. The summed E-state index contributed by atoms with van der Waals surface area (Å²) in [5.74, 6) is -2.91. The molecule has 0 heterocycles. The van der Waals surface area contributed by atoms with Crippen LogP contribution in [0.4, 0.5) is 0 Å². The van der Waals surface area contributed by atoms with Crippen LogP contribution in [0, 0.1) is 11.8 Å². The maximum Gasteiger partial charge on any atom is 0.312 e. The number of rotatable bonds is 4. The van der Waals surface area contributed by atoms with Crippen molar-refractivity contribution in [1.29, 1.82) is 0 Å². The average molecular weight is 327 g/mol. The number of halogens is 1. The quantitative estimate of drug-likeness (QED) is 0.859. The van der Waals surface area contributed by atoms with Gasteiger partial charge in [0.2, 0.25) is 0 Å². The summed E-state index contributed by atoms with van der Waals surface area (Å²) >= 11 is 6.14. The number of benzene rings is 1. The molecule has 0 spiro atoms. The highest BCUT2D eigenvalue weighted by molar-refractivity contribution is 6.31. The van der Waals surface area contributed by atoms with E-state index in [2.05, 4.69) is 0 Å². The van der Waals surface area contributed by atoms with Crippen molar-refractivity contribution < 1.29 is 24.2 Å². The number of aliphatic hydroxyl groups excluding tert-OH is 1. The fraction of sp³-hybridized carbons (Fsp3) is 0.500. The molecule has 1 N–H and O–H groups in total. The van der Waals surface area contributed by atoms with E-state index in [4.69, 9.17) is 21.1 Å². The summed E-state index contributed by atoms with van der Waals surface area (Å²) in [6.07, 6.45) is -0.902. The van der Waals surface area contributed by atoms with Crippen molar-refractivity contribution >= 4 is 23.5 Å². The first-order valence-electron chi connectivity index (χ1n) is 7.29. The zero-order chi connectivity index (χ0) is 16.3. The third-order valence-electron chi connectivity index (χ3n) is 3.80. The lowest BCUT2D eigenvalue weighted by Crippen LogP contribution is -2.41. The summed E-state index contributed by atoms with van der Waals surface area (Å²) < 4.78 is 10.1. The molecule has 22 heavy (non-hydrogen) atoms. The Balaban J connectivity index is 2.43. The van der Waals surface area contributed by atoms with E-state index in [1.807, 2.05) is 0 Å². The van der Waals surface area contributed by atoms with Crippen molar-refractivity contribution in [1.82, 2.24) is 0 Å². The number of esters is 2. The number of hydrogen-bond acceptors (Lipinski definition) is 5. The summed E-state index contributed by atoms with van der Waals surface area (Å²) in [4.78, 5) is 24.4. The normalized spacial score (nSPS) is 23.5. The summed E-state index contributed by atoms with van der Waals surface area (Å²) in [5, 5.41) is 11.0. The second-order valence-electron chi connectivity index (χ2n) is 5.10. The van der Waals surface area contributed by atoms with Gasteiger partial charge >= 0.3 is 11.9 Å². The molecule has 0 saturated carbocycles. The van der Waals surface area contributed by atoms with Gasteiger partial charge in [-0.3, -0.25) is 9.59 Å². The van der Waals surface area contributed by atoms with Gasteiger partial charge < -0.3 is 14.6 Å². The smallest absolute Gasteiger partial charge is 0.312 e. The van der Waals surface area contributed by atoms with E-state index < -0.39 is 29.9 Å². The van der Waals surface area contributed by atoms with Crippen molar-refractivity contribution in [3.05, 3.63) is 34.3 Å². The van der Waals surface area contributed by atoms with Gasteiger partial charge in [0.1, 0.15) is 5.92 Å². The Labute approximate surface area is 134 Å². The SMILES string of the molecule is CCOC(=O)[C@@H]1[C@H](O)c2c(Cl)cccc2C[C@H]1C(=O)OCC. The monoisotopic (exact) mass is 326 g/mol. The molecule has 6 heteroatoms. The fourth-order valence-electron chi connectivity index (χ4n) is 2.87. The number of aliphatic hydroxyl groups is 1. The molecular formula is C16H19ClO5. The minimum atomic E-state index is -1.19. The van der Waals surface area contributed by atoms with Crippen molar-refractivity contribution in [2.24, 2.45) is 11.8 Å². The van der Waals surface area contributed by atoms with Crippen LogP contribution in [0.5, 0.6) is 0 Å². The van der Waals surface area contributed by atoms with E-state index in [1.54, 1.807) is 32.0 Å². The van der Waals surface area contributed by atoms with Gasteiger partial charge in [-0.25, -0.2) is 0 Å². The molecule has 1 aromatic rings. The zero-order valence-corrected chi connectivity index (χ0v) is 13.3. The highest BCUT2D eigenvalue weighted by Crippen LogP contribution is 2.42. The van der Waals surface area contributed by atoms with E-state index in [-0.39, 0.29) is 19.6 Å². The van der Waals surface area contributed by atoms with Gasteiger partial charge in [0.15, 0.2) is 0 Å². The van der Waals surface area contributed by atoms with Crippen LogP contribution >= 0.6 is 11.6 Å². The summed E-state index contributed by atoms with van der Waals surface area (Å²) in [5.41, 5.74) is 1.24. The Bertz CT molecular complexity index is 572. The van der Waals surface area contributed by atoms with Gasteiger partial charge in [-0.1, -0.05) is 23.7 Å². The molecule has 0 unspecified atom stereocenters. The van der Waals surface area contributed by atoms with Gasteiger partial charge in [0, 0.05) is 10.6 Å². The minimum Gasteiger partial charge on any atom is -0.466 e. The predicted molar refractivity (Wildman–Crippen MR) is 80.4 cm³/mol. The van der Waals surface area contributed by atoms with Crippen molar-refractivity contribution in [3.8, 4) is 0 Å². The van der Waals surface area contributed by atoms with E-state index in [9.17, 15) is 14.7 Å². The molecule has 1 aromatic carbocycles. The van der Waals surface area contributed by atoms with Crippen LogP contribution in [0.3, 0.4) is 0 Å². The molecule has 0 bridgehead atoms. The van der Waals surface area contributed by atoms with E-state index in [0.29, 0.717) is 10.6 Å². The van der Waals surface area contributed by atoms with Crippen LogP contribution in [-0.2, 0) is 25.5 Å². The summed E-state index contributed by atoms with van der Waals surface area (Å²) in [6, 6.07) is 5.19. The molecule has 0 aliphatic heterocycles. The molecule has 1 aliphatic carbocycles. The van der Waals surface area contributed by atoms with Gasteiger partial charge in [-0.2, -0.15) is 0 Å². The van der Waals surface area contributed by atoms with Gasteiger partial charge in [-0.15, -0.1) is 0 Å². The van der Waals surface area contributed by atoms with Crippen LogP contribution < -0.4 is 0 Å². The number of carbonyl (C=O) groups excluding carboxylic acids is 2. The maximum absolute atomic E-state index is 12.2. The Hall–Kier alpha value is -1.59. The van der Waals surface area contributed by atoms with Crippen LogP contribution in [0.25, 0.3) is 0 Å². The number of ether oxygens (including phenoxy) is 2. The highest BCUT2D eigenvalue weighted by atomic mass is 35.5. The van der Waals surface area contributed by atoms with Gasteiger partial charge in [0.05, 0.1) is 25.2 Å².